The third-order valence-electron chi connectivity index (χ3n) is 3.74. The lowest BCUT2D eigenvalue weighted by molar-refractivity contribution is -0.384. The number of ether oxygens (including phenoxy) is 2. The fourth-order valence-electron chi connectivity index (χ4n) is 2.85. The van der Waals surface area contributed by atoms with Gasteiger partial charge in [-0.05, 0) is 12.5 Å². The SMILES string of the molecule is N#Cc1ccnc(N2CCCC3(C2)OCCO3)c1[N+](=O)[O-]. The van der Waals surface area contributed by atoms with Crippen LogP contribution in [0.1, 0.15) is 18.4 Å². The molecule has 8 heteroatoms. The predicted molar refractivity (Wildman–Crippen MR) is 71.7 cm³/mol. The molecule has 0 amide bonds. The number of rotatable bonds is 2. The fourth-order valence-corrected chi connectivity index (χ4v) is 2.85. The van der Waals surface area contributed by atoms with Crippen LogP contribution in [0.4, 0.5) is 11.5 Å². The number of pyridine rings is 1. The van der Waals surface area contributed by atoms with Crippen LogP contribution in [0, 0.1) is 21.4 Å². The van der Waals surface area contributed by atoms with E-state index in [1.54, 1.807) is 4.90 Å². The van der Waals surface area contributed by atoms with Gasteiger partial charge < -0.3 is 14.4 Å². The fraction of sp³-hybridized carbons (Fsp3) is 0.538. The normalized spacial score (nSPS) is 20.4. The second-order valence-electron chi connectivity index (χ2n) is 5.03. The number of hydrogen-bond donors (Lipinski definition) is 0. The van der Waals surface area contributed by atoms with Crippen molar-refractivity contribution in [1.29, 1.82) is 5.26 Å². The molecule has 3 heterocycles. The summed E-state index contributed by atoms with van der Waals surface area (Å²) in [4.78, 5) is 16.6. The average Bonchev–Trinajstić information content (AvgIpc) is 2.94. The van der Waals surface area contributed by atoms with Crippen LogP contribution < -0.4 is 4.90 Å². The van der Waals surface area contributed by atoms with Gasteiger partial charge in [0, 0.05) is 19.2 Å². The van der Waals surface area contributed by atoms with E-state index < -0.39 is 10.7 Å². The molecule has 1 aromatic heterocycles. The molecule has 21 heavy (non-hydrogen) atoms. The Morgan fingerprint density at radius 1 is 1.48 bits per heavy atom. The molecular formula is C13H14N4O4. The van der Waals surface area contributed by atoms with E-state index in [0.29, 0.717) is 26.3 Å². The average molecular weight is 290 g/mol. The molecule has 8 nitrogen and oxygen atoms in total. The first-order valence-electron chi connectivity index (χ1n) is 6.71. The highest BCUT2D eigenvalue weighted by Gasteiger charge is 2.42. The first-order chi connectivity index (χ1) is 10.2. The third kappa shape index (κ3) is 2.41. The summed E-state index contributed by atoms with van der Waals surface area (Å²) in [5.74, 6) is -0.492. The summed E-state index contributed by atoms with van der Waals surface area (Å²) in [7, 11) is 0. The van der Waals surface area contributed by atoms with Crippen LogP contribution >= 0.6 is 0 Å². The van der Waals surface area contributed by atoms with Gasteiger partial charge in [-0.1, -0.05) is 0 Å². The number of hydrogen-bond acceptors (Lipinski definition) is 7. The summed E-state index contributed by atoms with van der Waals surface area (Å²) in [6.07, 6.45) is 2.96. The summed E-state index contributed by atoms with van der Waals surface area (Å²) < 4.78 is 11.3. The largest absolute Gasteiger partial charge is 0.346 e. The second-order valence-corrected chi connectivity index (χ2v) is 5.03. The van der Waals surface area contributed by atoms with Crippen molar-refractivity contribution in [3.63, 3.8) is 0 Å². The zero-order chi connectivity index (χ0) is 14.9. The molecule has 2 aliphatic heterocycles. The van der Waals surface area contributed by atoms with Crippen LogP contribution in [0.15, 0.2) is 12.3 Å². The molecule has 0 saturated carbocycles. The third-order valence-corrected chi connectivity index (χ3v) is 3.74. The Kier molecular flexibility index (Phi) is 3.45. The number of piperidine rings is 1. The maximum atomic E-state index is 11.3. The molecule has 0 unspecified atom stereocenters. The summed E-state index contributed by atoms with van der Waals surface area (Å²) in [6, 6.07) is 3.20. The lowest BCUT2D eigenvalue weighted by atomic mass is 10.0. The quantitative estimate of drug-likeness (QED) is 0.595. The van der Waals surface area contributed by atoms with Crippen molar-refractivity contribution in [2.75, 3.05) is 31.2 Å². The van der Waals surface area contributed by atoms with Gasteiger partial charge in [-0.25, -0.2) is 4.98 Å². The van der Waals surface area contributed by atoms with Gasteiger partial charge in [-0.2, -0.15) is 5.26 Å². The number of nitrogens with zero attached hydrogens (tertiary/aromatic N) is 4. The van der Waals surface area contributed by atoms with Crippen LogP contribution in [-0.4, -0.2) is 42.0 Å². The molecule has 0 atom stereocenters. The van der Waals surface area contributed by atoms with E-state index in [1.807, 2.05) is 6.07 Å². The van der Waals surface area contributed by atoms with Crippen molar-refractivity contribution in [2.45, 2.75) is 18.6 Å². The van der Waals surface area contributed by atoms with E-state index in [9.17, 15) is 10.1 Å². The van der Waals surface area contributed by atoms with E-state index in [1.165, 1.54) is 12.3 Å². The highest BCUT2D eigenvalue weighted by atomic mass is 16.7. The lowest BCUT2D eigenvalue weighted by Crippen LogP contribution is -2.49. The molecular weight excluding hydrogens is 276 g/mol. The minimum atomic E-state index is -0.698. The highest BCUT2D eigenvalue weighted by molar-refractivity contribution is 5.65. The van der Waals surface area contributed by atoms with Gasteiger partial charge in [0.1, 0.15) is 11.6 Å². The Labute approximate surface area is 121 Å². The van der Waals surface area contributed by atoms with Crippen molar-refractivity contribution in [3.8, 4) is 6.07 Å². The summed E-state index contributed by atoms with van der Waals surface area (Å²) in [5.41, 5.74) is -0.243. The molecule has 1 spiro atoms. The van der Waals surface area contributed by atoms with Gasteiger partial charge in [0.2, 0.25) is 5.82 Å². The van der Waals surface area contributed by atoms with Gasteiger partial charge in [-0.3, -0.25) is 10.1 Å². The molecule has 110 valence electrons. The van der Waals surface area contributed by atoms with Gasteiger partial charge in [0.05, 0.1) is 24.7 Å². The zero-order valence-corrected chi connectivity index (χ0v) is 11.3. The van der Waals surface area contributed by atoms with E-state index in [4.69, 9.17) is 14.7 Å². The number of nitriles is 1. The Hall–Kier alpha value is -2.24. The highest BCUT2D eigenvalue weighted by Crippen LogP contribution is 2.36. The lowest BCUT2D eigenvalue weighted by Gasteiger charge is -2.38. The van der Waals surface area contributed by atoms with Crippen LogP contribution in [0.25, 0.3) is 0 Å². The maximum Gasteiger partial charge on any atom is 0.329 e. The molecule has 0 bridgehead atoms. The second kappa shape index (κ2) is 5.27. The minimum absolute atomic E-state index is 0.0119. The Morgan fingerprint density at radius 2 is 2.24 bits per heavy atom. The van der Waals surface area contributed by atoms with E-state index >= 15 is 0 Å². The molecule has 2 fully saturated rings. The predicted octanol–water partition coefficient (Wildman–Crippen LogP) is 1.20. The maximum absolute atomic E-state index is 11.3. The monoisotopic (exact) mass is 290 g/mol. The standard InChI is InChI=1S/C13H14N4O4/c14-8-10-2-4-15-12(11(10)17(18)19)16-5-1-3-13(9-16)20-6-7-21-13/h2,4H,1,3,5-7,9H2. The minimum Gasteiger partial charge on any atom is -0.346 e. The molecule has 0 aromatic carbocycles. The summed E-state index contributed by atoms with van der Waals surface area (Å²) in [6.45, 7) is 2.07. The molecule has 1 aromatic rings. The Morgan fingerprint density at radius 3 is 2.90 bits per heavy atom. The van der Waals surface area contributed by atoms with Gasteiger partial charge in [0.25, 0.3) is 0 Å². The number of anilines is 1. The van der Waals surface area contributed by atoms with Crippen LogP contribution in [0.5, 0.6) is 0 Å². The van der Waals surface area contributed by atoms with Crippen molar-refractivity contribution in [1.82, 2.24) is 4.98 Å². The Bertz CT molecular complexity index is 607. The first-order valence-corrected chi connectivity index (χ1v) is 6.71. The van der Waals surface area contributed by atoms with Gasteiger partial charge >= 0.3 is 5.69 Å². The topological polar surface area (TPSA) is 102 Å². The molecule has 2 aliphatic rings. The van der Waals surface area contributed by atoms with Crippen molar-refractivity contribution in [3.05, 3.63) is 27.9 Å². The van der Waals surface area contributed by atoms with Crippen molar-refractivity contribution in [2.24, 2.45) is 0 Å². The van der Waals surface area contributed by atoms with Gasteiger partial charge in [-0.15, -0.1) is 0 Å². The summed E-state index contributed by atoms with van der Waals surface area (Å²) >= 11 is 0. The molecule has 0 N–H and O–H groups in total. The zero-order valence-electron chi connectivity index (χ0n) is 11.3. The van der Waals surface area contributed by atoms with Crippen molar-refractivity contribution >= 4 is 11.5 Å². The smallest absolute Gasteiger partial charge is 0.329 e. The number of aromatic nitrogens is 1. The van der Waals surface area contributed by atoms with E-state index in [-0.39, 0.29) is 17.1 Å². The van der Waals surface area contributed by atoms with E-state index in [2.05, 4.69) is 4.98 Å². The molecule has 0 aliphatic carbocycles. The van der Waals surface area contributed by atoms with Gasteiger partial charge in [0.15, 0.2) is 5.79 Å². The van der Waals surface area contributed by atoms with Crippen molar-refractivity contribution < 1.29 is 14.4 Å². The summed E-state index contributed by atoms with van der Waals surface area (Å²) in [5, 5.41) is 20.3. The van der Waals surface area contributed by atoms with Crippen LogP contribution in [0.3, 0.4) is 0 Å². The number of nitro groups is 1. The molecule has 0 radical (unpaired) electrons. The first kappa shape index (κ1) is 13.7. The van der Waals surface area contributed by atoms with Crippen LogP contribution in [0.2, 0.25) is 0 Å². The molecule has 3 rings (SSSR count). The molecule has 2 saturated heterocycles. The Balaban J connectivity index is 1.97. The van der Waals surface area contributed by atoms with E-state index in [0.717, 1.165) is 12.8 Å². The van der Waals surface area contributed by atoms with Crippen LogP contribution in [-0.2, 0) is 9.47 Å².